The summed E-state index contributed by atoms with van der Waals surface area (Å²) in [7, 11) is 0. The Hall–Kier alpha value is -1.33. The van der Waals surface area contributed by atoms with E-state index in [0.29, 0.717) is 25.0 Å². The highest BCUT2D eigenvalue weighted by atomic mass is 16.5. The molecule has 5 nitrogen and oxygen atoms in total. The van der Waals surface area contributed by atoms with Gasteiger partial charge in [-0.3, -0.25) is 4.90 Å². The van der Waals surface area contributed by atoms with Crippen LogP contribution < -0.4 is 0 Å². The second kappa shape index (κ2) is 8.36. The van der Waals surface area contributed by atoms with E-state index in [9.17, 15) is 15.0 Å². The van der Waals surface area contributed by atoms with Gasteiger partial charge in [-0.05, 0) is 43.3 Å². The highest BCUT2D eigenvalue weighted by Gasteiger charge is 2.61. The Morgan fingerprint density at radius 3 is 2.41 bits per heavy atom. The molecule has 1 aliphatic carbocycles. The third-order valence-corrected chi connectivity index (χ3v) is 7.00. The summed E-state index contributed by atoms with van der Waals surface area (Å²) in [6, 6.07) is 0. The first kappa shape index (κ1) is 22.0. The van der Waals surface area contributed by atoms with Gasteiger partial charge in [0.15, 0.2) is 0 Å². The second-order valence-corrected chi connectivity index (χ2v) is 9.11. The molecule has 1 saturated heterocycles. The van der Waals surface area contributed by atoms with Gasteiger partial charge < -0.3 is 14.9 Å². The van der Waals surface area contributed by atoms with E-state index in [1.807, 2.05) is 0 Å². The molecule has 0 radical (unpaired) electrons. The van der Waals surface area contributed by atoms with E-state index in [0.717, 1.165) is 24.7 Å². The van der Waals surface area contributed by atoms with Crippen molar-refractivity contribution < 1.29 is 19.7 Å². The number of allylic oxidation sites excluding steroid dienone is 1. The Morgan fingerprint density at radius 2 is 1.85 bits per heavy atom. The minimum Gasteiger partial charge on any atom is -0.512 e. The highest BCUT2D eigenvalue weighted by molar-refractivity contribution is 5.81. The fourth-order valence-electron chi connectivity index (χ4n) is 5.97. The monoisotopic (exact) mass is 379 g/mol. The average Bonchev–Trinajstić information content (AvgIpc) is 2.61. The van der Waals surface area contributed by atoms with E-state index in [1.54, 1.807) is 0 Å². The van der Waals surface area contributed by atoms with Gasteiger partial charge in [-0.15, -0.1) is 0 Å². The molecule has 1 unspecified atom stereocenters. The van der Waals surface area contributed by atoms with Crippen LogP contribution in [0.5, 0.6) is 0 Å². The predicted molar refractivity (Wildman–Crippen MR) is 107 cm³/mol. The molecular formula is C22H37NO4. The maximum absolute atomic E-state index is 11.4. The molecule has 2 N–H and O–H groups in total. The Bertz CT molecular complexity index is 587. The van der Waals surface area contributed by atoms with Crippen LogP contribution in [0.2, 0.25) is 0 Å². The minimum absolute atomic E-state index is 0.114. The van der Waals surface area contributed by atoms with E-state index < -0.39 is 5.97 Å². The first-order chi connectivity index (χ1) is 12.6. The van der Waals surface area contributed by atoms with Crippen molar-refractivity contribution in [3.8, 4) is 0 Å². The van der Waals surface area contributed by atoms with Crippen LogP contribution >= 0.6 is 0 Å². The maximum Gasteiger partial charge on any atom is 0.330 e. The number of carbonyl (C=O) groups is 1. The third kappa shape index (κ3) is 3.81. The fraction of sp³-hybridized carbons (Fsp3) is 0.773. The number of aliphatic hydroxyl groups is 2. The number of nitrogens with zero attached hydrogens (tertiary/aromatic N) is 1. The topological polar surface area (TPSA) is 70.0 Å². The fourth-order valence-corrected chi connectivity index (χ4v) is 5.97. The average molecular weight is 380 g/mol. The van der Waals surface area contributed by atoms with Crippen LogP contribution in [0.25, 0.3) is 0 Å². The summed E-state index contributed by atoms with van der Waals surface area (Å²) >= 11 is 0. The summed E-state index contributed by atoms with van der Waals surface area (Å²) in [5, 5.41) is 20.9. The van der Waals surface area contributed by atoms with Gasteiger partial charge in [0.05, 0.1) is 12.4 Å². The van der Waals surface area contributed by atoms with Crippen molar-refractivity contribution in [3.63, 3.8) is 0 Å². The molecule has 0 amide bonds. The van der Waals surface area contributed by atoms with E-state index in [-0.39, 0.29) is 29.6 Å². The zero-order valence-electron chi connectivity index (χ0n) is 17.5. The first-order valence-electron chi connectivity index (χ1n) is 10.2. The number of piperidine rings is 1. The number of carbonyl (C=O) groups excluding carboxylic acids is 1. The van der Waals surface area contributed by atoms with Gasteiger partial charge in [-0.25, -0.2) is 4.79 Å². The van der Waals surface area contributed by atoms with Gasteiger partial charge in [0.25, 0.3) is 0 Å². The number of aliphatic hydroxyl groups excluding tert-OH is 2. The lowest BCUT2D eigenvalue weighted by atomic mass is 9.49. The molecule has 1 heterocycles. The van der Waals surface area contributed by atoms with Crippen LogP contribution in [0.3, 0.4) is 0 Å². The quantitative estimate of drug-likeness (QED) is 0.517. The molecule has 2 aliphatic rings. The van der Waals surface area contributed by atoms with Crippen molar-refractivity contribution in [2.45, 2.75) is 71.8 Å². The number of hydrogen-bond acceptors (Lipinski definition) is 5. The molecule has 2 rings (SSSR count). The van der Waals surface area contributed by atoms with Crippen LogP contribution in [0.1, 0.15) is 66.2 Å². The van der Waals surface area contributed by atoms with Crippen LogP contribution in [-0.2, 0) is 9.53 Å². The van der Waals surface area contributed by atoms with E-state index in [2.05, 4.69) is 39.2 Å². The van der Waals surface area contributed by atoms with Gasteiger partial charge in [0.2, 0.25) is 0 Å². The molecule has 1 aliphatic heterocycles. The van der Waals surface area contributed by atoms with Crippen LogP contribution in [0.15, 0.2) is 24.0 Å². The predicted octanol–water partition coefficient (Wildman–Crippen LogP) is 3.98. The molecule has 0 spiro atoms. The van der Waals surface area contributed by atoms with Crippen molar-refractivity contribution in [3.05, 3.63) is 24.0 Å². The second-order valence-electron chi connectivity index (χ2n) is 9.11. The summed E-state index contributed by atoms with van der Waals surface area (Å²) < 4.78 is 5.20. The third-order valence-electron chi connectivity index (χ3n) is 7.00. The van der Waals surface area contributed by atoms with Crippen molar-refractivity contribution >= 4 is 5.97 Å². The summed E-state index contributed by atoms with van der Waals surface area (Å²) in [6.45, 7) is 14.6. The van der Waals surface area contributed by atoms with E-state index >= 15 is 0 Å². The standard InChI is InChI=1S/C22H37NO4/c1-6-19(26)27-15-10-17-18(25)16-20(2,3)22(11-14-24,21(17,4)5)23-12-8-7-9-13-23/h6,24-25H,1,7-16H2,2-5H3. The van der Waals surface area contributed by atoms with E-state index in [1.165, 1.54) is 19.3 Å². The number of likely N-dealkylation sites (tertiary alicyclic amines) is 1. The molecule has 0 aromatic heterocycles. The number of hydrogen-bond donors (Lipinski definition) is 2. The summed E-state index contributed by atoms with van der Waals surface area (Å²) in [5.41, 5.74) is 0.123. The SMILES string of the molecule is C=CC(=O)OCCC1=C(O)CC(C)(C)C(CCO)(N2CCCCC2)C1(C)C. The molecule has 5 heteroatoms. The molecule has 27 heavy (non-hydrogen) atoms. The van der Waals surface area contributed by atoms with Gasteiger partial charge >= 0.3 is 5.97 Å². The Labute approximate surface area is 164 Å². The van der Waals surface area contributed by atoms with Crippen LogP contribution in [0, 0.1) is 10.8 Å². The Kier molecular flexibility index (Phi) is 6.80. The normalized spacial score (nSPS) is 28.0. The maximum atomic E-state index is 11.4. The molecule has 0 saturated carbocycles. The highest BCUT2D eigenvalue weighted by Crippen LogP contribution is 2.61. The zero-order valence-corrected chi connectivity index (χ0v) is 17.5. The molecular weight excluding hydrogens is 342 g/mol. The van der Waals surface area contributed by atoms with Crippen molar-refractivity contribution in [1.29, 1.82) is 0 Å². The Balaban J connectivity index is 2.44. The number of rotatable bonds is 7. The van der Waals surface area contributed by atoms with Crippen molar-refractivity contribution in [2.24, 2.45) is 10.8 Å². The van der Waals surface area contributed by atoms with Gasteiger partial charge in [0, 0.05) is 36.5 Å². The van der Waals surface area contributed by atoms with Crippen LogP contribution in [0.4, 0.5) is 0 Å². The number of ether oxygens (including phenoxy) is 1. The largest absolute Gasteiger partial charge is 0.512 e. The minimum atomic E-state index is -0.443. The molecule has 154 valence electrons. The molecule has 0 aromatic carbocycles. The van der Waals surface area contributed by atoms with Crippen molar-refractivity contribution in [1.82, 2.24) is 4.90 Å². The smallest absolute Gasteiger partial charge is 0.330 e. The summed E-state index contributed by atoms with van der Waals surface area (Å²) in [4.78, 5) is 14.0. The Morgan fingerprint density at radius 1 is 1.22 bits per heavy atom. The summed E-state index contributed by atoms with van der Waals surface area (Å²) in [6.07, 6.45) is 6.47. The van der Waals surface area contributed by atoms with Gasteiger partial charge in [-0.2, -0.15) is 0 Å². The number of esters is 1. The molecule has 1 fully saturated rings. The molecule has 0 bridgehead atoms. The lowest BCUT2D eigenvalue weighted by Gasteiger charge is -2.65. The van der Waals surface area contributed by atoms with Gasteiger partial charge in [-0.1, -0.05) is 40.7 Å². The molecule has 0 aromatic rings. The first-order valence-corrected chi connectivity index (χ1v) is 10.2. The summed E-state index contributed by atoms with van der Waals surface area (Å²) in [5.74, 6) is -0.0353. The lowest BCUT2D eigenvalue weighted by molar-refractivity contribution is -0.138. The lowest BCUT2D eigenvalue weighted by Crippen LogP contribution is -2.69. The van der Waals surface area contributed by atoms with E-state index in [4.69, 9.17) is 4.74 Å². The zero-order chi connectivity index (χ0) is 20.3. The van der Waals surface area contributed by atoms with Gasteiger partial charge in [0.1, 0.15) is 0 Å². The molecule has 1 atom stereocenters. The van der Waals surface area contributed by atoms with Crippen molar-refractivity contribution in [2.75, 3.05) is 26.3 Å². The van der Waals surface area contributed by atoms with Crippen LogP contribution in [-0.4, -0.2) is 52.9 Å².